The Balaban J connectivity index is 1.84. The number of hydrogen-bond donors (Lipinski definition) is 9. The SMILES string of the molecule is CN[C@@H]1[C@@H](O)[C@@H](O[C@H]2[C@H](NC=O)C[C@H](N)C([C@H]3OC(CN)=CC[C@H]3NCCCN)[C@@H]2O)OC[C@]1(C)O. The lowest BCUT2D eigenvalue weighted by Gasteiger charge is -2.50. The molecule has 0 spiro atoms. The lowest BCUT2D eigenvalue weighted by molar-refractivity contribution is -0.297. The molecular weight excluding hydrogens is 472 g/mol. The Bertz CT molecular complexity index is 744. The monoisotopic (exact) mass is 516 g/mol. The van der Waals surface area contributed by atoms with E-state index in [1.165, 1.54) is 0 Å². The largest absolute Gasteiger partial charge is 0.492 e. The van der Waals surface area contributed by atoms with Gasteiger partial charge in [-0.3, -0.25) is 4.79 Å². The quantitative estimate of drug-likeness (QED) is 0.0953. The van der Waals surface area contributed by atoms with E-state index in [1.807, 2.05) is 6.08 Å². The summed E-state index contributed by atoms with van der Waals surface area (Å²) in [4.78, 5) is 11.4. The van der Waals surface area contributed by atoms with Gasteiger partial charge in [0.2, 0.25) is 6.41 Å². The maximum absolute atomic E-state index is 11.6. The van der Waals surface area contributed by atoms with Crippen molar-refractivity contribution >= 4 is 6.41 Å². The summed E-state index contributed by atoms with van der Waals surface area (Å²) in [6.07, 6.45) is -0.844. The highest BCUT2D eigenvalue weighted by Gasteiger charge is 2.53. The second-order valence-corrected chi connectivity index (χ2v) is 10.1. The van der Waals surface area contributed by atoms with Crippen molar-refractivity contribution in [3.8, 4) is 0 Å². The molecule has 0 aromatic heterocycles. The van der Waals surface area contributed by atoms with Gasteiger partial charge in [0.25, 0.3) is 0 Å². The van der Waals surface area contributed by atoms with Crippen molar-refractivity contribution in [2.24, 2.45) is 23.1 Å². The molecule has 13 nitrogen and oxygen atoms in total. The normalized spacial score (nSPS) is 43.4. The maximum atomic E-state index is 11.6. The Labute approximate surface area is 212 Å². The minimum atomic E-state index is -1.33. The molecular formula is C23H44N6O7. The summed E-state index contributed by atoms with van der Waals surface area (Å²) >= 11 is 0. The van der Waals surface area contributed by atoms with Gasteiger partial charge < -0.3 is 62.7 Å². The van der Waals surface area contributed by atoms with Crippen LogP contribution in [0.15, 0.2) is 11.8 Å². The molecule has 3 aliphatic rings. The van der Waals surface area contributed by atoms with Crippen LogP contribution in [0.25, 0.3) is 0 Å². The molecule has 1 saturated heterocycles. The Kier molecular flexibility index (Phi) is 10.5. The van der Waals surface area contributed by atoms with Crippen LogP contribution in [0.5, 0.6) is 0 Å². The summed E-state index contributed by atoms with van der Waals surface area (Å²) in [5.74, 6) is 0.0429. The molecule has 0 radical (unpaired) electrons. The van der Waals surface area contributed by atoms with Crippen LogP contribution in [0.1, 0.15) is 26.2 Å². The van der Waals surface area contributed by atoms with Gasteiger partial charge in [-0.1, -0.05) is 0 Å². The molecule has 2 aliphatic heterocycles. The molecule has 1 unspecified atom stereocenters. The first kappa shape index (κ1) is 29.2. The molecule has 3 rings (SSSR count). The third kappa shape index (κ3) is 6.35. The molecule has 13 heteroatoms. The van der Waals surface area contributed by atoms with Crippen molar-refractivity contribution in [2.45, 2.75) is 86.7 Å². The predicted molar refractivity (Wildman–Crippen MR) is 131 cm³/mol. The minimum Gasteiger partial charge on any atom is -0.492 e. The molecule has 1 amide bonds. The van der Waals surface area contributed by atoms with Crippen molar-refractivity contribution in [1.29, 1.82) is 0 Å². The van der Waals surface area contributed by atoms with Crippen LogP contribution in [-0.2, 0) is 19.0 Å². The van der Waals surface area contributed by atoms with Crippen LogP contribution in [0.4, 0.5) is 0 Å². The lowest BCUT2D eigenvalue weighted by atomic mass is 9.72. The molecule has 2 heterocycles. The molecule has 12 N–H and O–H groups in total. The van der Waals surface area contributed by atoms with E-state index in [1.54, 1.807) is 14.0 Å². The Morgan fingerprint density at radius 2 is 2.03 bits per heavy atom. The predicted octanol–water partition coefficient (Wildman–Crippen LogP) is -3.81. The Morgan fingerprint density at radius 1 is 1.28 bits per heavy atom. The highest BCUT2D eigenvalue weighted by Crippen LogP contribution is 2.36. The van der Waals surface area contributed by atoms with E-state index in [0.717, 1.165) is 6.42 Å². The average molecular weight is 517 g/mol. The van der Waals surface area contributed by atoms with Gasteiger partial charge in [-0.15, -0.1) is 0 Å². The molecule has 2 fully saturated rings. The molecule has 0 bridgehead atoms. The van der Waals surface area contributed by atoms with Gasteiger partial charge in [0.1, 0.15) is 29.7 Å². The summed E-state index contributed by atoms with van der Waals surface area (Å²) in [6, 6.07) is -2.04. The van der Waals surface area contributed by atoms with Crippen molar-refractivity contribution in [2.75, 3.05) is 33.3 Å². The number of likely N-dealkylation sites (N-methyl/N-ethyl adjacent to an activating group) is 1. The molecule has 1 saturated carbocycles. The highest BCUT2D eigenvalue weighted by atomic mass is 16.7. The van der Waals surface area contributed by atoms with Gasteiger partial charge in [0, 0.05) is 18.0 Å². The number of ether oxygens (including phenoxy) is 3. The van der Waals surface area contributed by atoms with Gasteiger partial charge >= 0.3 is 0 Å². The first-order valence-corrected chi connectivity index (χ1v) is 12.7. The number of nitrogens with one attached hydrogen (secondary N) is 3. The molecule has 11 atom stereocenters. The molecule has 0 aromatic rings. The minimum absolute atomic E-state index is 0.0959. The van der Waals surface area contributed by atoms with E-state index in [-0.39, 0.29) is 19.2 Å². The summed E-state index contributed by atoms with van der Waals surface area (Å²) < 4.78 is 18.0. The van der Waals surface area contributed by atoms with E-state index >= 15 is 0 Å². The van der Waals surface area contributed by atoms with Crippen molar-refractivity contribution in [1.82, 2.24) is 16.0 Å². The van der Waals surface area contributed by atoms with E-state index < -0.39 is 60.4 Å². The summed E-state index contributed by atoms with van der Waals surface area (Å²) in [7, 11) is 1.62. The standard InChI is InChI=1S/C23H44N6O7/c1-23(33)10-34-22(18(32)21(23)27-2)36-20-15(29-11-30)8-13(26)16(17(20)31)19-14(28-7-3-6-24)5-4-12(9-25)35-19/h4,11,13-22,27-28,31-33H,3,5-10,24-26H2,1-2H3,(H,29,30)/t13-,14+,15+,16?,17-,18+,19-,20-,21+,22+,23-/m0/s1. The van der Waals surface area contributed by atoms with Gasteiger partial charge in [-0.2, -0.15) is 0 Å². The fraction of sp³-hybridized carbons (Fsp3) is 0.870. The van der Waals surface area contributed by atoms with Crippen LogP contribution >= 0.6 is 0 Å². The number of carbonyl (C=O) groups excluding carboxylic acids is 1. The smallest absolute Gasteiger partial charge is 0.207 e. The number of hydrogen-bond acceptors (Lipinski definition) is 12. The number of carbonyl (C=O) groups is 1. The second-order valence-electron chi connectivity index (χ2n) is 10.1. The van der Waals surface area contributed by atoms with E-state index in [0.29, 0.717) is 38.1 Å². The van der Waals surface area contributed by atoms with Crippen molar-refractivity contribution < 1.29 is 34.3 Å². The summed E-state index contributed by atoms with van der Waals surface area (Å²) in [6.45, 7) is 2.89. The fourth-order valence-corrected chi connectivity index (χ4v) is 5.64. The van der Waals surface area contributed by atoms with Gasteiger partial charge in [0.15, 0.2) is 6.29 Å². The van der Waals surface area contributed by atoms with Crippen molar-refractivity contribution in [3.63, 3.8) is 0 Å². The average Bonchev–Trinajstić information content (AvgIpc) is 2.83. The second kappa shape index (κ2) is 12.9. The molecule has 1 aliphatic carbocycles. The zero-order chi connectivity index (χ0) is 26.5. The number of rotatable bonds is 11. The van der Waals surface area contributed by atoms with Crippen LogP contribution in [-0.4, -0.2) is 115 Å². The first-order chi connectivity index (χ1) is 17.2. The summed E-state index contributed by atoms with van der Waals surface area (Å²) in [5, 5.41) is 42.0. The van der Waals surface area contributed by atoms with Gasteiger partial charge in [-0.05, 0) is 52.4 Å². The van der Waals surface area contributed by atoms with Crippen LogP contribution in [0.3, 0.4) is 0 Å². The summed E-state index contributed by atoms with van der Waals surface area (Å²) in [5.41, 5.74) is 16.7. The molecule has 0 aromatic carbocycles. The third-order valence-corrected chi connectivity index (χ3v) is 7.51. The fourth-order valence-electron chi connectivity index (χ4n) is 5.64. The maximum Gasteiger partial charge on any atom is 0.207 e. The highest BCUT2D eigenvalue weighted by molar-refractivity contribution is 5.47. The number of aliphatic hydroxyl groups excluding tert-OH is 2. The zero-order valence-electron chi connectivity index (χ0n) is 21.1. The van der Waals surface area contributed by atoms with Crippen molar-refractivity contribution in [3.05, 3.63) is 11.8 Å². The number of nitrogens with two attached hydrogens (primary N) is 3. The van der Waals surface area contributed by atoms with E-state index in [4.69, 9.17) is 31.4 Å². The molecule has 36 heavy (non-hydrogen) atoms. The van der Waals surface area contributed by atoms with Gasteiger partial charge in [-0.25, -0.2) is 0 Å². The topological polar surface area (TPSA) is 220 Å². The first-order valence-electron chi connectivity index (χ1n) is 12.7. The van der Waals surface area contributed by atoms with Crippen LogP contribution in [0.2, 0.25) is 0 Å². The van der Waals surface area contributed by atoms with Crippen LogP contribution < -0.4 is 33.2 Å². The zero-order valence-corrected chi connectivity index (χ0v) is 21.1. The lowest BCUT2D eigenvalue weighted by Crippen LogP contribution is -2.69. The molecule has 208 valence electrons. The van der Waals surface area contributed by atoms with E-state index in [2.05, 4.69) is 16.0 Å². The Morgan fingerprint density at radius 3 is 2.67 bits per heavy atom. The third-order valence-electron chi connectivity index (χ3n) is 7.51. The Hall–Kier alpha value is -1.39. The number of amides is 1. The number of aliphatic hydroxyl groups is 3. The van der Waals surface area contributed by atoms with E-state index in [9.17, 15) is 20.1 Å². The van der Waals surface area contributed by atoms with Crippen LogP contribution in [0, 0.1) is 5.92 Å². The van der Waals surface area contributed by atoms with Gasteiger partial charge in [0.05, 0.1) is 31.3 Å².